The zero-order valence-corrected chi connectivity index (χ0v) is 15.3. The van der Waals surface area contributed by atoms with Crippen molar-refractivity contribution < 1.29 is 22.7 Å². The Morgan fingerprint density at radius 1 is 1.32 bits per heavy atom. The number of halogens is 4. The number of alkyl halides is 3. The number of nitrogens with one attached hydrogen (secondary N) is 1. The van der Waals surface area contributed by atoms with Gasteiger partial charge in [0.25, 0.3) is 0 Å². The topological polar surface area (TPSA) is 68.5 Å². The van der Waals surface area contributed by atoms with Gasteiger partial charge in [0.2, 0.25) is 5.91 Å². The highest BCUT2D eigenvalue weighted by molar-refractivity contribution is 6.30. The van der Waals surface area contributed by atoms with E-state index in [4.69, 9.17) is 16.3 Å². The lowest BCUT2D eigenvalue weighted by atomic mass is 10.2. The second kappa shape index (κ2) is 7.89. The van der Waals surface area contributed by atoms with E-state index >= 15 is 0 Å². The molecule has 1 N–H and O–H groups in total. The second-order valence-corrected chi connectivity index (χ2v) is 6.14. The van der Waals surface area contributed by atoms with Gasteiger partial charge in [0, 0.05) is 12.3 Å². The number of methoxy groups -OCH3 is 1. The summed E-state index contributed by atoms with van der Waals surface area (Å²) in [5.74, 6) is 0.318. The SMILES string of the molecule is COc1cccc(/C=C/C(=O)NCc2nnc3c(C(F)(F)F)cc(Cl)cn23)c1. The Kier molecular flexibility index (Phi) is 5.55. The van der Waals surface area contributed by atoms with Gasteiger partial charge in [-0.25, -0.2) is 0 Å². The Bertz CT molecular complexity index is 1050. The fourth-order valence-corrected chi connectivity index (χ4v) is 2.68. The zero-order chi connectivity index (χ0) is 20.3. The lowest BCUT2D eigenvalue weighted by molar-refractivity contribution is -0.136. The van der Waals surface area contributed by atoms with Crippen LogP contribution in [-0.2, 0) is 17.5 Å². The number of nitrogens with zero attached hydrogens (tertiary/aromatic N) is 3. The van der Waals surface area contributed by atoms with E-state index in [9.17, 15) is 18.0 Å². The molecule has 3 aromatic rings. The first-order valence-corrected chi connectivity index (χ1v) is 8.36. The fraction of sp³-hybridized carbons (Fsp3) is 0.167. The maximum atomic E-state index is 13.1. The molecule has 0 atom stereocenters. The average Bonchev–Trinajstić information content (AvgIpc) is 3.06. The Labute approximate surface area is 162 Å². The Morgan fingerprint density at radius 2 is 2.11 bits per heavy atom. The van der Waals surface area contributed by atoms with Crippen molar-refractivity contribution in [1.29, 1.82) is 0 Å². The van der Waals surface area contributed by atoms with Gasteiger partial charge in [-0.1, -0.05) is 23.7 Å². The summed E-state index contributed by atoms with van der Waals surface area (Å²) in [5, 5.41) is 9.72. The summed E-state index contributed by atoms with van der Waals surface area (Å²) < 4.78 is 45.5. The van der Waals surface area contributed by atoms with Crippen molar-refractivity contribution in [2.24, 2.45) is 0 Å². The number of amides is 1. The van der Waals surface area contributed by atoms with Crippen LogP contribution < -0.4 is 10.1 Å². The zero-order valence-electron chi connectivity index (χ0n) is 14.5. The molecule has 2 heterocycles. The van der Waals surface area contributed by atoms with E-state index in [1.165, 1.54) is 19.4 Å². The average molecular weight is 411 g/mol. The molecule has 0 unspecified atom stereocenters. The van der Waals surface area contributed by atoms with E-state index < -0.39 is 17.6 Å². The van der Waals surface area contributed by atoms with E-state index in [2.05, 4.69) is 15.5 Å². The number of hydrogen-bond donors (Lipinski definition) is 1. The van der Waals surface area contributed by atoms with Crippen LogP contribution in [0.1, 0.15) is 17.0 Å². The van der Waals surface area contributed by atoms with Crippen LogP contribution in [-0.4, -0.2) is 27.6 Å². The molecule has 28 heavy (non-hydrogen) atoms. The maximum absolute atomic E-state index is 13.1. The number of hydrogen-bond acceptors (Lipinski definition) is 4. The summed E-state index contributed by atoms with van der Waals surface area (Å²) in [4.78, 5) is 12.0. The number of carbonyl (C=O) groups excluding carboxylic acids is 1. The van der Waals surface area contributed by atoms with E-state index in [1.807, 2.05) is 0 Å². The second-order valence-electron chi connectivity index (χ2n) is 5.71. The first-order valence-electron chi connectivity index (χ1n) is 7.98. The smallest absolute Gasteiger partial charge is 0.420 e. The summed E-state index contributed by atoms with van der Waals surface area (Å²) in [6.07, 6.45) is -0.483. The quantitative estimate of drug-likeness (QED) is 0.651. The van der Waals surface area contributed by atoms with Gasteiger partial charge in [-0.2, -0.15) is 13.2 Å². The summed E-state index contributed by atoms with van der Waals surface area (Å²) in [6.45, 7) is -0.125. The lowest BCUT2D eigenvalue weighted by Crippen LogP contribution is -2.21. The van der Waals surface area contributed by atoms with E-state index in [1.54, 1.807) is 30.3 Å². The van der Waals surface area contributed by atoms with Crippen molar-refractivity contribution in [2.75, 3.05) is 7.11 Å². The third-order valence-electron chi connectivity index (χ3n) is 3.79. The minimum Gasteiger partial charge on any atom is -0.497 e. The van der Waals surface area contributed by atoms with Crippen LogP contribution in [0.3, 0.4) is 0 Å². The van der Waals surface area contributed by atoms with Crippen molar-refractivity contribution in [3.63, 3.8) is 0 Å². The monoisotopic (exact) mass is 410 g/mol. The van der Waals surface area contributed by atoms with E-state index in [0.29, 0.717) is 5.75 Å². The third-order valence-corrected chi connectivity index (χ3v) is 4.00. The van der Waals surface area contributed by atoms with Gasteiger partial charge >= 0.3 is 6.18 Å². The minimum atomic E-state index is -4.63. The number of aromatic nitrogens is 3. The van der Waals surface area contributed by atoms with Gasteiger partial charge in [-0.05, 0) is 29.8 Å². The molecule has 3 rings (SSSR count). The molecule has 146 valence electrons. The molecule has 2 aromatic heterocycles. The Hall–Kier alpha value is -3.07. The molecule has 6 nitrogen and oxygen atoms in total. The molecular weight excluding hydrogens is 397 g/mol. The van der Waals surface area contributed by atoms with Crippen LogP contribution in [0.4, 0.5) is 13.2 Å². The number of carbonyl (C=O) groups is 1. The van der Waals surface area contributed by atoms with Crippen molar-refractivity contribution in [2.45, 2.75) is 12.7 Å². The van der Waals surface area contributed by atoms with Gasteiger partial charge in [0.15, 0.2) is 11.5 Å². The Morgan fingerprint density at radius 3 is 2.82 bits per heavy atom. The highest BCUT2D eigenvalue weighted by Crippen LogP contribution is 2.33. The van der Waals surface area contributed by atoms with Gasteiger partial charge in [-0.3, -0.25) is 9.20 Å². The van der Waals surface area contributed by atoms with Crippen LogP contribution in [0, 0.1) is 0 Å². The normalized spacial score (nSPS) is 11.9. The standard InChI is InChI=1S/C18H14ClF3N4O2/c1-28-13-4-2-3-11(7-13)5-6-16(27)23-9-15-24-25-17-14(18(20,21)22)8-12(19)10-26(15)17/h2-8,10H,9H2,1H3,(H,23,27)/b6-5+. The van der Waals surface area contributed by atoms with Crippen LogP contribution in [0.2, 0.25) is 5.02 Å². The molecular formula is C18H14ClF3N4O2. The first kappa shape index (κ1) is 19.7. The number of benzene rings is 1. The van der Waals surface area contributed by atoms with Crippen LogP contribution in [0.5, 0.6) is 5.75 Å². The van der Waals surface area contributed by atoms with Crippen LogP contribution in [0.15, 0.2) is 42.6 Å². The van der Waals surface area contributed by atoms with Gasteiger partial charge in [0.05, 0.1) is 18.7 Å². The molecule has 10 heteroatoms. The maximum Gasteiger partial charge on any atom is 0.420 e. The van der Waals surface area contributed by atoms with Gasteiger partial charge in [-0.15, -0.1) is 10.2 Å². The molecule has 0 fully saturated rings. The minimum absolute atomic E-state index is 0.117. The Balaban J connectivity index is 1.74. The molecule has 1 aromatic carbocycles. The number of fused-ring (bicyclic) bond motifs is 1. The summed E-state index contributed by atoms with van der Waals surface area (Å²) in [6, 6.07) is 7.87. The van der Waals surface area contributed by atoms with Crippen molar-refractivity contribution in [3.05, 3.63) is 64.6 Å². The highest BCUT2D eigenvalue weighted by atomic mass is 35.5. The van der Waals surface area contributed by atoms with E-state index in [-0.39, 0.29) is 23.0 Å². The summed E-state index contributed by atoms with van der Waals surface area (Å²) >= 11 is 5.78. The van der Waals surface area contributed by atoms with Crippen molar-refractivity contribution >= 4 is 29.2 Å². The molecule has 0 bridgehead atoms. The largest absolute Gasteiger partial charge is 0.497 e. The summed E-state index contributed by atoms with van der Waals surface area (Å²) in [5.41, 5.74) is -0.625. The van der Waals surface area contributed by atoms with Gasteiger partial charge in [0.1, 0.15) is 11.3 Å². The number of rotatable bonds is 5. The van der Waals surface area contributed by atoms with Crippen LogP contribution >= 0.6 is 11.6 Å². The van der Waals surface area contributed by atoms with E-state index in [0.717, 1.165) is 16.0 Å². The predicted octanol–water partition coefficient (Wildman–Crippen LogP) is 3.74. The first-order chi connectivity index (χ1) is 13.3. The molecule has 0 spiro atoms. The molecule has 0 saturated heterocycles. The van der Waals surface area contributed by atoms with Gasteiger partial charge < -0.3 is 10.1 Å². The highest BCUT2D eigenvalue weighted by Gasteiger charge is 2.35. The molecule has 0 aliphatic rings. The predicted molar refractivity (Wildman–Crippen MR) is 96.9 cm³/mol. The molecule has 0 saturated carbocycles. The van der Waals surface area contributed by atoms with Crippen molar-refractivity contribution in [3.8, 4) is 5.75 Å². The van der Waals surface area contributed by atoms with Crippen LogP contribution in [0.25, 0.3) is 11.7 Å². The van der Waals surface area contributed by atoms with Crippen molar-refractivity contribution in [1.82, 2.24) is 19.9 Å². The summed E-state index contributed by atoms with van der Waals surface area (Å²) in [7, 11) is 1.54. The lowest BCUT2D eigenvalue weighted by Gasteiger charge is -2.09. The molecule has 0 aliphatic heterocycles. The molecule has 0 aliphatic carbocycles. The molecule has 0 radical (unpaired) electrons. The number of ether oxygens (including phenoxy) is 1. The third kappa shape index (κ3) is 4.42. The molecule has 1 amide bonds. The number of pyridine rings is 1. The fourth-order valence-electron chi connectivity index (χ4n) is 2.48.